The lowest BCUT2D eigenvalue weighted by Crippen LogP contribution is -2.49. The molecule has 32 heavy (non-hydrogen) atoms. The number of imide groups is 1. The monoisotopic (exact) mass is 454 g/mol. The molecule has 2 amide bonds. The van der Waals surface area contributed by atoms with Gasteiger partial charge in [-0.25, -0.2) is 4.39 Å². The Morgan fingerprint density at radius 2 is 1.88 bits per heavy atom. The van der Waals surface area contributed by atoms with E-state index in [4.69, 9.17) is 16.3 Å². The number of carbonyl (C=O) groups is 3. The van der Waals surface area contributed by atoms with Gasteiger partial charge in [0.1, 0.15) is 11.9 Å². The minimum atomic E-state index is -0.942. The van der Waals surface area contributed by atoms with Crippen LogP contribution in [0.2, 0.25) is 5.02 Å². The Kier molecular flexibility index (Phi) is 5.10. The summed E-state index contributed by atoms with van der Waals surface area (Å²) < 4.78 is 18.9. The minimum absolute atomic E-state index is 0.131. The van der Waals surface area contributed by atoms with Gasteiger partial charge < -0.3 is 9.64 Å². The summed E-state index contributed by atoms with van der Waals surface area (Å²) in [6.07, 6.45) is 3.53. The van der Waals surface area contributed by atoms with Crippen LogP contribution in [0.25, 0.3) is 6.08 Å². The van der Waals surface area contributed by atoms with Gasteiger partial charge >= 0.3 is 0 Å². The zero-order chi connectivity index (χ0) is 22.6. The summed E-state index contributed by atoms with van der Waals surface area (Å²) in [6, 6.07) is 9.49. The van der Waals surface area contributed by atoms with E-state index in [0.717, 1.165) is 0 Å². The van der Waals surface area contributed by atoms with Crippen LogP contribution in [-0.4, -0.2) is 54.8 Å². The van der Waals surface area contributed by atoms with E-state index in [9.17, 15) is 18.8 Å². The molecule has 3 aliphatic heterocycles. The average molecular weight is 455 g/mol. The molecule has 0 aromatic heterocycles. The fourth-order valence-electron chi connectivity index (χ4n) is 5.13. The van der Waals surface area contributed by atoms with Crippen molar-refractivity contribution < 1.29 is 23.5 Å². The van der Waals surface area contributed by atoms with Gasteiger partial charge in [-0.05, 0) is 30.3 Å². The molecule has 3 heterocycles. The second-order valence-electron chi connectivity index (χ2n) is 8.12. The Labute approximate surface area is 189 Å². The summed E-state index contributed by atoms with van der Waals surface area (Å²) in [4.78, 5) is 43.5. The van der Waals surface area contributed by atoms with Crippen molar-refractivity contribution in [1.82, 2.24) is 4.90 Å². The van der Waals surface area contributed by atoms with Crippen molar-refractivity contribution in [2.45, 2.75) is 12.1 Å². The summed E-state index contributed by atoms with van der Waals surface area (Å²) >= 11 is 6.32. The fraction of sp³-hybridized carbons (Fsp3) is 0.292. The molecule has 0 unspecified atom stereocenters. The summed E-state index contributed by atoms with van der Waals surface area (Å²) in [6.45, 7) is 0.346. The molecule has 0 spiro atoms. The molecule has 0 radical (unpaired) electrons. The number of ether oxygens (including phenoxy) is 1. The number of rotatable bonds is 5. The second-order valence-corrected chi connectivity index (χ2v) is 8.53. The molecule has 0 N–H and O–H groups in total. The molecule has 2 aromatic rings. The summed E-state index contributed by atoms with van der Waals surface area (Å²) in [5.74, 6) is -3.05. The first-order valence-corrected chi connectivity index (χ1v) is 10.7. The Morgan fingerprint density at radius 3 is 2.62 bits per heavy atom. The van der Waals surface area contributed by atoms with Crippen LogP contribution < -0.4 is 4.90 Å². The maximum absolute atomic E-state index is 13.9. The number of benzene rings is 2. The number of Topliss-reactive ketones (excluding diaryl/α,β-unsaturated/α-hetero) is 1. The zero-order valence-corrected chi connectivity index (χ0v) is 18.0. The first-order valence-electron chi connectivity index (χ1n) is 10.3. The van der Waals surface area contributed by atoms with Crippen LogP contribution in [0.4, 0.5) is 10.1 Å². The number of fused-ring (bicyclic) bond motifs is 5. The molecular weight excluding hydrogens is 435 g/mol. The fourth-order valence-corrected chi connectivity index (χ4v) is 5.36. The molecule has 6 nitrogen and oxygen atoms in total. The van der Waals surface area contributed by atoms with Gasteiger partial charge in [-0.3, -0.25) is 19.3 Å². The average Bonchev–Trinajstić information content (AvgIpc) is 3.25. The molecule has 3 aliphatic rings. The quantitative estimate of drug-likeness (QED) is 0.512. The van der Waals surface area contributed by atoms with E-state index in [1.807, 2.05) is 0 Å². The number of methoxy groups -OCH3 is 1. The van der Waals surface area contributed by atoms with Gasteiger partial charge in [0, 0.05) is 23.9 Å². The van der Waals surface area contributed by atoms with Crippen molar-refractivity contribution >= 4 is 41.0 Å². The van der Waals surface area contributed by atoms with E-state index in [1.165, 1.54) is 24.1 Å². The lowest BCUT2D eigenvalue weighted by Gasteiger charge is -2.36. The topological polar surface area (TPSA) is 66.9 Å². The van der Waals surface area contributed by atoms with Gasteiger partial charge in [-0.1, -0.05) is 35.9 Å². The molecule has 0 bridgehead atoms. The number of hydrogen-bond acceptors (Lipinski definition) is 5. The normalized spacial score (nSPS) is 25.7. The highest BCUT2D eigenvalue weighted by molar-refractivity contribution is 6.34. The molecule has 4 atom stereocenters. The summed E-state index contributed by atoms with van der Waals surface area (Å²) in [5.41, 5.74) is 1.49. The summed E-state index contributed by atoms with van der Waals surface area (Å²) in [5, 5.41) is 0.275. The second kappa shape index (κ2) is 7.83. The highest BCUT2D eigenvalue weighted by Gasteiger charge is 2.63. The van der Waals surface area contributed by atoms with Crippen LogP contribution in [0.15, 0.2) is 48.5 Å². The number of hydrogen-bond donors (Lipinski definition) is 0. The minimum Gasteiger partial charge on any atom is -0.383 e. The van der Waals surface area contributed by atoms with Crippen LogP contribution in [-0.2, 0) is 14.3 Å². The number of amides is 2. The number of carbonyl (C=O) groups excluding carboxylic acids is 3. The number of nitrogens with zero attached hydrogens (tertiary/aromatic N) is 2. The molecule has 5 rings (SSSR count). The van der Waals surface area contributed by atoms with Crippen molar-refractivity contribution in [3.8, 4) is 0 Å². The Bertz CT molecular complexity index is 1170. The summed E-state index contributed by atoms with van der Waals surface area (Å²) in [7, 11) is 1.50. The molecular formula is C24H20ClFN2O4. The molecule has 0 saturated carbocycles. The van der Waals surface area contributed by atoms with Crippen molar-refractivity contribution in [3.63, 3.8) is 0 Å². The van der Waals surface area contributed by atoms with Gasteiger partial charge in [-0.2, -0.15) is 0 Å². The molecule has 2 fully saturated rings. The van der Waals surface area contributed by atoms with Crippen molar-refractivity contribution in [3.05, 3.63) is 70.5 Å². The largest absolute Gasteiger partial charge is 0.383 e. The van der Waals surface area contributed by atoms with E-state index < -0.39 is 35.6 Å². The third kappa shape index (κ3) is 2.99. The zero-order valence-electron chi connectivity index (χ0n) is 17.2. The van der Waals surface area contributed by atoms with Crippen LogP contribution >= 0.6 is 11.6 Å². The molecule has 164 valence electrons. The van der Waals surface area contributed by atoms with Crippen molar-refractivity contribution in [1.29, 1.82) is 0 Å². The SMILES string of the molecule is COCCN1C(=O)[C@@H]2[C@@H](C1=O)[C@@H](C(=O)c1ccccc1Cl)N1c3ccc(F)cc3C=C[C@H]21. The lowest BCUT2D eigenvalue weighted by molar-refractivity contribution is -0.141. The van der Waals surface area contributed by atoms with Gasteiger partial charge in [0.15, 0.2) is 5.78 Å². The predicted molar refractivity (Wildman–Crippen MR) is 117 cm³/mol. The van der Waals surface area contributed by atoms with Crippen LogP contribution in [0, 0.1) is 17.7 Å². The van der Waals surface area contributed by atoms with Crippen LogP contribution in [0.3, 0.4) is 0 Å². The van der Waals surface area contributed by atoms with Gasteiger partial charge in [-0.15, -0.1) is 0 Å². The third-order valence-corrected chi connectivity index (χ3v) is 6.82. The van der Waals surface area contributed by atoms with Gasteiger partial charge in [0.25, 0.3) is 0 Å². The van der Waals surface area contributed by atoms with Crippen molar-refractivity contribution in [2.75, 3.05) is 25.2 Å². The third-order valence-electron chi connectivity index (χ3n) is 6.49. The predicted octanol–water partition coefficient (Wildman–Crippen LogP) is 3.19. The van der Waals surface area contributed by atoms with Crippen molar-refractivity contribution in [2.24, 2.45) is 11.8 Å². The number of halogens is 2. The molecule has 2 saturated heterocycles. The molecule has 0 aliphatic carbocycles. The maximum atomic E-state index is 13.9. The van der Waals surface area contributed by atoms with E-state index in [1.54, 1.807) is 47.4 Å². The van der Waals surface area contributed by atoms with E-state index in [-0.39, 0.29) is 35.4 Å². The maximum Gasteiger partial charge on any atom is 0.235 e. The highest BCUT2D eigenvalue weighted by atomic mass is 35.5. The first-order chi connectivity index (χ1) is 15.4. The van der Waals surface area contributed by atoms with E-state index in [2.05, 4.69) is 0 Å². The highest BCUT2D eigenvalue weighted by Crippen LogP contribution is 2.49. The van der Waals surface area contributed by atoms with Gasteiger partial charge in [0.05, 0.1) is 36.1 Å². The van der Waals surface area contributed by atoms with E-state index >= 15 is 0 Å². The number of anilines is 1. The van der Waals surface area contributed by atoms with Gasteiger partial charge in [0.2, 0.25) is 11.8 Å². The smallest absolute Gasteiger partial charge is 0.235 e. The lowest BCUT2D eigenvalue weighted by atomic mass is 9.86. The van der Waals surface area contributed by atoms with Crippen LogP contribution in [0.1, 0.15) is 15.9 Å². The standard InChI is InChI=1S/C24H20ClFN2O4/c1-32-11-10-27-23(30)19-18-8-6-13-12-14(26)7-9-17(13)28(18)21(20(19)24(27)31)22(29)15-4-2-3-5-16(15)25/h2-9,12,18-21H,10-11H2,1H3/t18-,19+,20-,21+/m1/s1. The Morgan fingerprint density at radius 1 is 1.12 bits per heavy atom. The molecule has 2 aromatic carbocycles. The number of likely N-dealkylation sites (tertiary alicyclic amines) is 1. The molecule has 8 heteroatoms. The Balaban J connectivity index is 1.64. The number of ketones is 1. The van der Waals surface area contributed by atoms with Crippen LogP contribution in [0.5, 0.6) is 0 Å². The first kappa shape index (κ1) is 20.8. The van der Waals surface area contributed by atoms with E-state index in [0.29, 0.717) is 11.3 Å². The Hall–Kier alpha value is -3.03.